The summed E-state index contributed by atoms with van der Waals surface area (Å²) in [4.78, 5) is 24.9. The number of hydrogen-bond acceptors (Lipinski definition) is 5. The molecule has 8 heteroatoms. The van der Waals surface area contributed by atoms with Gasteiger partial charge in [0.25, 0.3) is 5.91 Å². The quantitative estimate of drug-likeness (QED) is 0.408. The molecule has 1 fully saturated rings. The van der Waals surface area contributed by atoms with Gasteiger partial charge in [-0.25, -0.2) is 13.4 Å². The summed E-state index contributed by atoms with van der Waals surface area (Å²) in [7, 11) is -3.52. The standard InChI is InChI=1S/C28H26N4O3S/c33-28(24-18-26(21-7-6-13-29-19-21)30-25-9-3-2-8-23(24)25)32-16-12-20-17-22(10-11-27(20)32)36(34,35)31-14-4-1-5-15-31/h2-3,6-11,13,17-19H,1,4-5,12,14-16H2. The number of carbonyl (C=O) groups excluding carboxylic acids is 1. The van der Waals surface area contributed by atoms with Crippen molar-refractivity contribution >= 4 is 32.5 Å². The maximum atomic E-state index is 13.9. The Morgan fingerprint density at radius 2 is 1.72 bits per heavy atom. The molecule has 0 radical (unpaired) electrons. The zero-order valence-electron chi connectivity index (χ0n) is 19.8. The zero-order chi connectivity index (χ0) is 24.7. The molecular weight excluding hydrogens is 472 g/mol. The molecule has 0 unspecified atom stereocenters. The Balaban J connectivity index is 1.37. The van der Waals surface area contributed by atoms with Crippen LogP contribution in [0.4, 0.5) is 5.69 Å². The van der Waals surface area contributed by atoms with Crippen molar-refractivity contribution in [2.45, 2.75) is 30.6 Å². The molecule has 0 saturated carbocycles. The predicted octanol–water partition coefficient (Wildman–Crippen LogP) is 4.67. The van der Waals surface area contributed by atoms with Crippen LogP contribution < -0.4 is 4.90 Å². The Hall–Kier alpha value is -3.62. The number of anilines is 1. The number of sulfonamides is 1. The molecular formula is C28H26N4O3S. The SMILES string of the molecule is O=C(c1cc(-c2cccnc2)nc2ccccc12)N1CCc2cc(S(=O)(=O)N3CCCCC3)ccc21. The van der Waals surface area contributed by atoms with Crippen molar-refractivity contribution in [3.63, 3.8) is 0 Å². The third-order valence-corrected chi connectivity index (χ3v) is 8.94. The monoisotopic (exact) mass is 498 g/mol. The molecule has 1 saturated heterocycles. The van der Waals surface area contributed by atoms with Gasteiger partial charge in [0, 0.05) is 48.7 Å². The van der Waals surface area contributed by atoms with Crippen LogP contribution in [-0.2, 0) is 16.4 Å². The van der Waals surface area contributed by atoms with E-state index in [-0.39, 0.29) is 5.91 Å². The molecule has 182 valence electrons. The highest BCUT2D eigenvalue weighted by Gasteiger charge is 2.31. The number of para-hydroxylation sites is 1. The van der Waals surface area contributed by atoms with Crippen LogP contribution in [0.3, 0.4) is 0 Å². The van der Waals surface area contributed by atoms with Crippen molar-refractivity contribution in [1.82, 2.24) is 14.3 Å². The number of nitrogens with zero attached hydrogens (tertiary/aromatic N) is 4. The average molecular weight is 499 g/mol. The predicted molar refractivity (Wildman–Crippen MR) is 139 cm³/mol. The molecule has 6 rings (SSSR count). The van der Waals surface area contributed by atoms with E-state index in [0.717, 1.165) is 47.0 Å². The van der Waals surface area contributed by atoms with Gasteiger partial charge in [0.05, 0.1) is 21.7 Å². The molecule has 2 aliphatic rings. The first-order valence-corrected chi connectivity index (χ1v) is 13.7. The Morgan fingerprint density at radius 1 is 0.889 bits per heavy atom. The van der Waals surface area contributed by atoms with E-state index >= 15 is 0 Å². The molecule has 4 aromatic rings. The number of amides is 1. The van der Waals surface area contributed by atoms with Gasteiger partial charge in [-0.15, -0.1) is 0 Å². The lowest BCUT2D eigenvalue weighted by Gasteiger charge is -2.26. The fraction of sp³-hybridized carbons (Fsp3) is 0.250. The van der Waals surface area contributed by atoms with Gasteiger partial charge in [-0.1, -0.05) is 24.6 Å². The van der Waals surface area contributed by atoms with E-state index in [2.05, 4.69) is 4.98 Å². The number of pyridine rings is 2. The minimum Gasteiger partial charge on any atom is -0.308 e. The van der Waals surface area contributed by atoms with Gasteiger partial charge in [0.2, 0.25) is 10.0 Å². The smallest absolute Gasteiger partial charge is 0.259 e. The van der Waals surface area contributed by atoms with Crippen LogP contribution in [-0.4, -0.2) is 48.2 Å². The van der Waals surface area contributed by atoms with Crippen LogP contribution in [0.1, 0.15) is 35.2 Å². The average Bonchev–Trinajstić information content (AvgIpc) is 3.36. The van der Waals surface area contributed by atoms with Crippen LogP contribution in [0.25, 0.3) is 22.2 Å². The molecule has 1 amide bonds. The molecule has 2 aromatic carbocycles. The highest BCUT2D eigenvalue weighted by molar-refractivity contribution is 7.89. The molecule has 0 bridgehead atoms. The van der Waals surface area contributed by atoms with Gasteiger partial charge in [-0.05, 0) is 67.3 Å². The summed E-state index contributed by atoms with van der Waals surface area (Å²) < 4.78 is 27.9. The van der Waals surface area contributed by atoms with E-state index in [1.54, 1.807) is 39.8 Å². The van der Waals surface area contributed by atoms with Crippen LogP contribution in [0, 0.1) is 0 Å². The van der Waals surface area contributed by atoms with Crippen molar-refractivity contribution in [2.75, 3.05) is 24.5 Å². The summed E-state index contributed by atoms with van der Waals surface area (Å²) >= 11 is 0. The third kappa shape index (κ3) is 3.96. The van der Waals surface area contributed by atoms with Gasteiger partial charge >= 0.3 is 0 Å². The first kappa shape index (κ1) is 22.8. The third-order valence-electron chi connectivity index (χ3n) is 7.05. The fourth-order valence-electron chi connectivity index (χ4n) is 5.16. The molecule has 4 heterocycles. The van der Waals surface area contributed by atoms with Gasteiger partial charge in [-0.3, -0.25) is 9.78 Å². The molecule has 2 aliphatic heterocycles. The van der Waals surface area contributed by atoms with Gasteiger partial charge < -0.3 is 4.90 Å². The highest BCUT2D eigenvalue weighted by Crippen LogP contribution is 2.34. The second-order valence-corrected chi connectivity index (χ2v) is 11.2. The van der Waals surface area contributed by atoms with Crippen LogP contribution in [0.5, 0.6) is 0 Å². The summed E-state index contributed by atoms with van der Waals surface area (Å²) in [6.45, 7) is 1.64. The Morgan fingerprint density at radius 3 is 2.53 bits per heavy atom. The minimum atomic E-state index is -3.52. The first-order chi connectivity index (χ1) is 17.5. The molecule has 0 atom stereocenters. The van der Waals surface area contributed by atoms with E-state index in [1.165, 1.54) is 0 Å². The molecule has 0 aliphatic carbocycles. The van der Waals surface area contributed by atoms with Crippen molar-refractivity contribution in [1.29, 1.82) is 0 Å². The normalized spacial score (nSPS) is 16.3. The second kappa shape index (κ2) is 9.11. The number of rotatable bonds is 4. The number of aromatic nitrogens is 2. The van der Waals surface area contributed by atoms with Crippen molar-refractivity contribution in [3.8, 4) is 11.3 Å². The Labute approximate surface area is 210 Å². The van der Waals surface area contributed by atoms with Crippen molar-refractivity contribution in [3.05, 3.63) is 84.2 Å². The Kier molecular flexibility index (Phi) is 5.78. The summed E-state index contributed by atoms with van der Waals surface area (Å²) in [5.41, 5.74) is 4.48. The van der Waals surface area contributed by atoms with E-state index in [9.17, 15) is 13.2 Å². The minimum absolute atomic E-state index is 0.121. The lowest BCUT2D eigenvalue weighted by molar-refractivity contribution is 0.0991. The zero-order valence-corrected chi connectivity index (χ0v) is 20.6. The molecule has 7 nitrogen and oxygen atoms in total. The van der Waals surface area contributed by atoms with Crippen LogP contribution in [0.2, 0.25) is 0 Å². The van der Waals surface area contributed by atoms with Crippen LogP contribution in [0.15, 0.2) is 78.0 Å². The van der Waals surface area contributed by atoms with Crippen molar-refractivity contribution < 1.29 is 13.2 Å². The maximum absolute atomic E-state index is 13.9. The van der Waals surface area contributed by atoms with Crippen molar-refractivity contribution in [2.24, 2.45) is 0 Å². The first-order valence-electron chi connectivity index (χ1n) is 12.3. The Bertz CT molecular complexity index is 1560. The van der Waals surface area contributed by atoms with E-state index < -0.39 is 10.0 Å². The van der Waals surface area contributed by atoms with E-state index in [1.807, 2.05) is 42.5 Å². The summed E-state index contributed by atoms with van der Waals surface area (Å²) in [6.07, 6.45) is 6.92. The summed E-state index contributed by atoms with van der Waals surface area (Å²) in [5.74, 6) is -0.121. The topological polar surface area (TPSA) is 83.5 Å². The second-order valence-electron chi connectivity index (χ2n) is 9.28. The van der Waals surface area contributed by atoms with E-state index in [0.29, 0.717) is 42.2 Å². The summed E-state index contributed by atoms with van der Waals surface area (Å²) in [5, 5.41) is 0.785. The largest absolute Gasteiger partial charge is 0.308 e. The lowest BCUT2D eigenvalue weighted by atomic mass is 10.0. The van der Waals surface area contributed by atoms with Crippen LogP contribution >= 0.6 is 0 Å². The number of carbonyl (C=O) groups is 1. The van der Waals surface area contributed by atoms with E-state index in [4.69, 9.17) is 4.98 Å². The number of fused-ring (bicyclic) bond motifs is 2. The number of benzene rings is 2. The molecule has 36 heavy (non-hydrogen) atoms. The maximum Gasteiger partial charge on any atom is 0.259 e. The molecule has 2 aromatic heterocycles. The molecule has 0 N–H and O–H groups in total. The van der Waals surface area contributed by atoms with Gasteiger partial charge in [0.15, 0.2) is 0 Å². The summed E-state index contributed by atoms with van der Waals surface area (Å²) in [6, 6.07) is 18.4. The number of hydrogen-bond donors (Lipinski definition) is 0. The number of piperidine rings is 1. The van der Waals surface area contributed by atoms with Gasteiger partial charge in [0.1, 0.15) is 0 Å². The highest BCUT2D eigenvalue weighted by atomic mass is 32.2. The van der Waals surface area contributed by atoms with Gasteiger partial charge in [-0.2, -0.15) is 4.31 Å². The lowest BCUT2D eigenvalue weighted by Crippen LogP contribution is -2.35. The molecule has 0 spiro atoms. The fourth-order valence-corrected chi connectivity index (χ4v) is 6.73.